The average molecular weight is 220 g/mol. The maximum absolute atomic E-state index is 10.4. The van der Waals surface area contributed by atoms with E-state index in [-0.39, 0.29) is 5.60 Å². The second-order valence-electron chi connectivity index (χ2n) is 5.39. The van der Waals surface area contributed by atoms with Crippen molar-refractivity contribution >= 4 is 0 Å². The van der Waals surface area contributed by atoms with Gasteiger partial charge in [0, 0.05) is 0 Å². The van der Waals surface area contributed by atoms with Crippen molar-refractivity contribution in [2.45, 2.75) is 50.9 Å². The summed E-state index contributed by atoms with van der Waals surface area (Å²) >= 11 is 0. The number of hydrogen-bond donors (Lipinski definition) is 1. The van der Waals surface area contributed by atoms with E-state index in [0.717, 1.165) is 18.4 Å². The van der Waals surface area contributed by atoms with Gasteiger partial charge in [-0.15, -0.1) is 0 Å². The third kappa shape index (κ3) is 2.45. The van der Waals surface area contributed by atoms with Crippen molar-refractivity contribution in [1.29, 1.82) is 0 Å². The van der Waals surface area contributed by atoms with E-state index in [1.807, 2.05) is 37.3 Å². The lowest BCUT2D eigenvalue weighted by Crippen LogP contribution is -2.22. The minimum Gasteiger partial charge on any atom is -0.385 e. The third-order valence-corrected chi connectivity index (χ3v) is 3.45. The molecule has 16 heavy (non-hydrogen) atoms. The smallest absolute Gasteiger partial charge is 0.0892 e. The Morgan fingerprint density at radius 3 is 2.38 bits per heavy atom. The van der Waals surface area contributed by atoms with Crippen molar-refractivity contribution in [2.75, 3.05) is 0 Å². The molecule has 2 nitrogen and oxygen atoms in total. The summed E-state index contributed by atoms with van der Waals surface area (Å²) in [5, 5.41) is 10.4. The minimum atomic E-state index is -0.747. The van der Waals surface area contributed by atoms with Crippen LogP contribution in [0.5, 0.6) is 0 Å². The number of benzene rings is 1. The number of rotatable bonds is 4. The maximum atomic E-state index is 10.4. The zero-order valence-corrected chi connectivity index (χ0v) is 10.2. The summed E-state index contributed by atoms with van der Waals surface area (Å²) in [4.78, 5) is 0. The first-order valence-corrected chi connectivity index (χ1v) is 5.87. The summed E-state index contributed by atoms with van der Waals surface area (Å²) in [6.07, 6.45) is 1.96. The van der Waals surface area contributed by atoms with Crippen LogP contribution in [0.4, 0.5) is 0 Å². The van der Waals surface area contributed by atoms with Gasteiger partial charge >= 0.3 is 0 Å². The van der Waals surface area contributed by atoms with Gasteiger partial charge in [0.05, 0.1) is 17.3 Å². The molecule has 0 saturated carbocycles. The fraction of sp³-hybridized carbons (Fsp3) is 0.571. The van der Waals surface area contributed by atoms with Crippen LogP contribution in [0.3, 0.4) is 0 Å². The molecule has 0 unspecified atom stereocenters. The molecule has 2 heteroatoms. The summed E-state index contributed by atoms with van der Waals surface area (Å²) in [5.41, 5.74) is 0.254. The second kappa shape index (κ2) is 3.86. The SMILES string of the molecule is CC1(C)O[C@@H]1CC[C@@](C)(O)c1ccccc1. The number of aliphatic hydroxyl groups is 1. The normalized spacial score (nSPS) is 26.1. The highest BCUT2D eigenvalue weighted by Crippen LogP contribution is 2.40. The highest BCUT2D eigenvalue weighted by atomic mass is 16.6. The molecule has 0 amide bonds. The second-order valence-corrected chi connectivity index (χ2v) is 5.39. The zero-order valence-electron chi connectivity index (χ0n) is 10.2. The zero-order chi connectivity index (χ0) is 11.8. The Bertz CT molecular complexity index is 354. The number of epoxide rings is 1. The van der Waals surface area contributed by atoms with E-state index in [1.165, 1.54) is 0 Å². The van der Waals surface area contributed by atoms with E-state index in [0.29, 0.717) is 6.10 Å². The first kappa shape index (κ1) is 11.6. The first-order chi connectivity index (χ1) is 7.42. The molecule has 1 saturated heterocycles. The standard InChI is InChI=1S/C14H20O2/c1-13(2)12(16-13)9-10-14(3,15)11-7-5-4-6-8-11/h4-8,12,15H,9-10H2,1-3H3/t12-,14-/m1/s1. The highest BCUT2D eigenvalue weighted by Gasteiger charge is 2.47. The van der Waals surface area contributed by atoms with Gasteiger partial charge in [-0.05, 0) is 39.2 Å². The molecule has 1 aliphatic heterocycles. The van der Waals surface area contributed by atoms with Crippen LogP contribution in [-0.4, -0.2) is 16.8 Å². The van der Waals surface area contributed by atoms with Crippen LogP contribution in [0.15, 0.2) is 30.3 Å². The van der Waals surface area contributed by atoms with Gasteiger partial charge in [0.25, 0.3) is 0 Å². The van der Waals surface area contributed by atoms with Crippen molar-refractivity contribution in [3.63, 3.8) is 0 Å². The Morgan fingerprint density at radius 1 is 1.31 bits per heavy atom. The van der Waals surface area contributed by atoms with Crippen molar-refractivity contribution < 1.29 is 9.84 Å². The van der Waals surface area contributed by atoms with Gasteiger partial charge in [0.1, 0.15) is 0 Å². The van der Waals surface area contributed by atoms with Crippen molar-refractivity contribution in [2.24, 2.45) is 0 Å². The van der Waals surface area contributed by atoms with Gasteiger partial charge in [-0.2, -0.15) is 0 Å². The van der Waals surface area contributed by atoms with Gasteiger partial charge in [-0.1, -0.05) is 30.3 Å². The number of hydrogen-bond acceptors (Lipinski definition) is 2. The van der Waals surface area contributed by atoms with Crippen LogP contribution in [0.2, 0.25) is 0 Å². The quantitative estimate of drug-likeness (QED) is 0.791. The van der Waals surface area contributed by atoms with Crippen molar-refractivity contribution in [3.8, 4) is 0 Å². The predicted molar refractivity (Wildman–Crippen MR) is 64.2 cm³/mol. The van der Waals surface area contributed by atoms with Crippen molar-refractivity contribution in [3.05, 3.63) is 35.9 Å². The van der Waals surface area contributed by atoms with E-state index in [1.54, 1.807) is 0 Å². The Hall–Kier alpha value is -0.860. The van der Waals surface area contributed by atoms with E-state index in [4.69, 9.17) is 4.74 Å². The lowest BCUT2D eigenvalue weighted by molar-refractivity contribution is 0.0433. The van der Waals surface area contributed by atoms with Crippen LogP contribution >= 0.6 is 0 Å². The molecular formula is C14H20O2. The molecule has 0 bridgehead atoms. The third-order valence-electron chi connectivity index (χ3n) is 3.45. The molecular weight excluding hydrogens is 200 g/mol. The Labute approximate surface area is 97.3 Å². The molecule has 1 aliphatic rings. The molecule has 2 atom stereocenters. The van der Waals surface area contributed by atoms with Gasteiger partial charge in [-0.3, -0.25) is 0 Å². The summed E-state index contributed by atoms with van der Waals surface area (Å²) in [6.45, 7) is 6.06. The monoisotopic (exact) mass is 220 g/mol. The molecule has 1 N–H and O–H groups in total. The Balaban J connectivity index is 1.93. The number of ether oxygens (including phenoxy) is 1. The van der Waals surface area contributed by atoms with Gasteiger partial charge in [0.2, 0.25) is 0 Å². The van der Waals surface area contributed by atoms with E-state index < -0.39 is 5.60 Å². The molecule has 1 aromatic carbocycles. The van der Waals surface area contributed by atoms with Crippen molar-refractivity contribution in [1.82, 2.24) is 0 Å². The average Bonchev–Trinajstić information content (AvgIpc) is 2.85. The van der Waals surface area contributed by atoms with Crippen LogP contribution in [-0.2, 0) is 10.3 Å². The topological polar surface area (TPSA) is 32.8 Å². The first-order valence-electron chi connectivity index (χ1n) is 5.87. The summed E-state index contributed by atoms with van der Waals surface area (Å²) < 4.78 is 5.52. The lowest BCUT2D eigenvalue weighted by atomic mass is 9.89. The molecule has 0 spiro atoms. The van der Waals surface area contributed by atoms with Gasteiger partial charge < -0.3 is 9.84 Å². The molecule has 0 radical (unpaired) electrons. The molecule has 0 aromatic heterocycles. The largest absolute Gasteiger partial charge is 0.385 e. The molecule has 2 rings (SSSR count). The molecule has 1 fully saturated rings. The molecule has 1 heterocycles. The highest BCUT2D eigenvalue weighted by molar-refractivity contribution is 5.21. The van der Waals surface area contributed by atoms with Crippen LogP contribution in [0.25, 0.3) is 0 Å². The van der Waals surface area contributed by atoms with Crippen LogP contribution < -0.4 is 0 Å². The molecule has 1 aromatic rings. The fourth-order valence-electron chi connectivity index (χ4n) is 2.09. The lowest BCUT2D eigenvalue weighted by Gasteiger charge is -2.23. The van der Waals surface area contributed by atoms with E-state index in [2.05, 4.69) is 13.8 Å². The minimum absolute atomic E-state index is 0.0206. The summed E-state index contributed by atoms with van der Waals surface area (Å²) in [6, 6.07) is 9.83. The van der Waals surface area contributed by atoms with E-state index >= 15 is 0 Å². The molecule has 0 aliphatic carbocycles. The summed E-state index contributed by atoms with van der Waals surface area (Å²) in [7, 11) is 0. The molecule has 88 valence electrons. The van der Waals surface area contributed by atoms with Gasteiger partial charge in [0.15, 0.2) is 0 Å². The summed E-state index contributed by atoms with van der Waals surface area (Å²) in [5.74, 6) is 0. The Kier molecular flexibility index (Phi) is 2.81. The Morgan fingerprint density at radius 2 is 1.88 bits per heavy atom. The van der Waals surface area contributed by atoms with Crippen LogP contribution in [0, 0.1) is 0 Å². The fourth-order valence-corrected chi connectivity index (χ4v) is 2.09. The van der Waals surface area contributed by atoms with Crippen LogP contribution in [0.1, 0.15) is 39.2 Å². The predicted octanol–water partition coefficient (Wildman–Crippen LogP) is 2.85. The van der Waals surface area contributed by atoms with E-state index in [9.17, 15) is 5.11 Å². The van der Waals surface area contributed by atoms with Gasteiger partial charge in [-0.25, -0.2) is 0 Å². The maximum Gasteiger partial charge on any atom is 0.0892 e.